The Kier molecular flexibility index (Phi) is 12.0. The quantitative estimate of drug-likeness (QED) is 0.181. The van der Waals surface area contributed by atoms with Crippen molar-refractivity contribution in [3.63, 3.8) is 0 Å². The van der Waals surface area contributed by atoms with Gasteiger partial charge in [-0.05, 0) is 59.7 Å². The van der Waals surface area contributed by atoms with Crippen LogP contribution in [0.4, 0.5) is 8.78 Å². The van der Waals surface area contributed by atoms with E-state index in [1.165, 1.54) is 69.4 Å². The molecule has 3 rings (SSSR count). The zero-order chi connectivity index (χ0) is 25.6. The Morgan fingerprint density at radius 2 is 1.28 bits per heavy atom. The lowest BCUT2D eigenvalue weighted by molar-refractivity contribution is 0.304. The SMILES string of the molecule is CCCCCCCCOc1ccc(-c2cc(CCCCCCC)ccc2-c2cccc(F)c2F)cc1. The van der Waals surface area contributed by atoms with Gasteiger partial charge < -0.3 is 4.74 Å². The molecule has 3 aromatic rings. The first-order valence-electron chi connectivity index (χ1n) is 13.9. The van der Waals surface area contributed by atoms with Gasteiger partial charge in [-0.25, -0.2) is 8.78 Å². The molecule has 36 heavy (non-hydrogen) atoms. The van der Waals surface area contributed by atoms with Crippen molar-refractivity contribution in [1.82, 2.24) is 0 Å². The summed E-state index contributed by atoms with van der Waals surface area (Å²) in [6.07, 6.45) is 14.5. The zero-order valence-corrected chi connectivity index (χ0v) is 22.1. The molecule has 0 radical (unpaired) electrons. The Morgan fingerprint density at radius 1 is 0.611 bits per heavy atom. The van der Waals surface area contributed by atoms with Gasteiger partial charge in [-0.15, -0.1) is 0 Å². The normalized spacial score (nSPS) is 11.1. The first kappa shape index (κ1) is 27.9. The lowest BCUT2D eigenvalue weighted by Gasteiger charge is -2.15. The fraction of sp³-hybridized carbons (Fsp3) is 0.455. The highest BCUT2D eigenvalue weighted by Crippen LogP contribution is 2.36. The molecule has 0 bridgehead atoms. The van der Waals surface area contributed by atoms with Gasteiger partial charge in [-0.1, -0.05) is 114 Å². The van der Waals surface area contributed by atoms with Gasteiger partial charge in [0.1, 0.15) is 5.75 Å². The van der Waals surface area contributed by atoms with Crippen molar-refractivity contribution in [2.24, 2.45) is 0 Å². The molecule has 194 valence electrons. The number of aryl methyl sites for hydroxylation is 1. The van der Waals surface area contributed by atoms with E-state index in [0.29, 0.717) is 11.1 Å². The summed E-state index contributed by atoms with van der Waals surface area (Å²) in [6.45, 7) is 5.18. The van der Waals surface area contributed by atoms with Gasteiger partial charge in [0.05, 0.1) is 6.61 Å². The summed E-state index contributed by atoms with van der Waals surface area (Å²) in [5, 5.41) is 0. The second kappa shape index (κ2) is 15.4. The van der Waals surface area contributed by atoms with Crippen LogP contribution in [-0.4, -0.2) is 6.61 Å². The predicted molar refractivity (Wildman–Crippen MR) is 149 cm³/mol. The summed E-state index contributed by atoms with van der Waals surface area (Å²) in [6, 6.07) is 18.5. The molecule has 0 saturated carbocycles. The third kappa shape index (κ3) is 8.47. The predicted octanol–water partition coefficient (Wildman–Crippen LogP) is 10.6. The number of halogens is 2. The molecule has 0 spiro atoms. The third-order valence-corrected chi connectivity index (χ3v) is 6.83. The van der Waals surface area contributed by atoms with Crippen molar-refractivity contribution in [2.75, 3.05) is 6.61 Å². The Morgan fingerprint density at radius 3 is 2.00 bits per heavy atom. The topological polar surface area (TPSA) is 9.23 Å². The van der Waals surface area contributed by atoms with Gasteiger partial charge in [-0.3, -0.25) is 0 Å². The number of unbranched alkanes of at least 4 members (excludes halogenated alkanes) is 9. The molecule has 0 aliphatic rings. The first-order chi connectivity index (χ1) is 17.6. The third-order valence-electron chi connectivity index (χ3n) is 6.83. The van der Waals surface area contributed by atoms with E-state index in [-0.39, 0.29) is 0 Å². The van der Waals surface area contributed by atoms with E-state index < -0.39 is 11.6 Å². The van der Waals surface area contributed by atoms with Crippen molar-refractivity contribution >= 4 is 0 Å². The van der Waals surface area contributed by atoms with Gasteiger partial charge in [0.2, 0.25) is 0 Å². The smallest absolute Gasteiger partial charge is 0.166 e. The van der Waals surface area contributed by atoms with Gasteiger partial charge in [0.25, 0.3) is 0 Å². The lowest BCUT2D eigenvalue weighted by atomic mass is 9.91. The fourth-order valence-electron chi connectivity index (χ4n) is 4.67. The Labute approximate surface area is 216 Å². The van der Waals surface area contributed by atoms with Crippen molar-refractivity contribution < 1.29 is 13.5 Å². The highest BCUT2D eigenvalue weighted by Gasteiger charge is 2.15. The molecule has 3 aromatic carbocycles. The van der Waals surface area contributed by atoms with E-state index >= 15 is 0 Å². The minimum Gasteiger partial charge on any atom is -0.494 e. The van der Waals surface area contributed by atoms with Crippen molar-refractivity contribution in [3.8, 4) is 28.0 Å². The van der Waals surface area contributed by atoms with Crippen LogP contribution in [0.3, 0.4) is 0 Å². The molecule has 0 N–H and O–H groups in total. The Bertz CT molecular complexity index is 1040. The highest BCUT2D eigenvalue weighted by atomic mass is 19.2. The Balaban J connectivity index is 1.75. The lowest BCUT2D eigenvalue weighted by Crippen LogP contribution is -1.97. The minimum atomic E-state index is -0.822. The van der Waals surface area contributed by atoms with E-state index in [0.717, 1.165) is 42.7 Å². The summed E-state index contributed by atoms with van der Waals surface area (Å²) in [5.74, 6) is -0.778. The van der Waals surface area contributed by atoms with Crippen LogP contribution < -0.4 is 4.74 Å². The van der Waals surface area contributed by atoms with E-state index in [2.05, 4.69) is 26.0 Å². The molecule has 0 fully saturated rings. The molecule has 3 heteroatoms. The first-order valence-corrected chi connectivity index (χ1v) is 13.9. The number of hydrogen-bond acceptors (Lipinski definition) is 1. The van der Waals surface area contributed by atoms with Crippen molar-refractivity contribution in [2.45, 2.75) is 90.9 Å². The summed E-state index contributed by atoms with van der Waals surface area (Å²) in [5.41, 5.74) is 4.14. The minimum absolute atomic E-state index is 0.294. The molecule has 0 heterocycles. The maximum atomic E-state index is 14.7. The van der Waals surface area contributed by atoms with Crippen LogP contribution in [0.1, 0.15) is 90.0 Å². The summed E-state index contributed by atoms with van der Waals surface area (Å²) in [4.78, 5) is 0. The molecule has 0 amide bonds. The van der Waals surface area contributed by atoms with Crippen LogP contribution in [-0.2, 0) is 6.42 Å². The molecule has 1 nitrogen and oxygen atoms in total. The second-order valence-corrected chi connectivity index (χ2v) is 9.79. The maximum absolute atomic E-state index is 14.7. The van der Waals surface area contributed by atoms with E-state index in [9.17, 15) is 8.78 Å². The van der Waals surface area contributed by atoms with Crippen molar-refractivity contribution in [3.05, 3.63) is 77.9 Å². The fourth-order valence-corrected chi connectivity index (χ4v) is 4.67. The van der Waals surface area contributed by atoms with Gasteiger partial charge in [0.15, 0.2) is 11.6 Å². The number of benzene rings is 3. The molecule has 0 atom stereocenters. The Hall–Kier alpha value is -2.68. The molecule has 0 aromatic heterocycles. The number of rotatable bonds is 16. The molecule has 0 saturated heterocycles. The largest absolute Gasteiger partial charge is 0.494 e. The average Bonchev–Trinajstić information content (AvgIpc) is 2.90. The summed E-state index contributed by atoms with van der Waals surface area (Å²) in [7, 11) is 0. The molecular weight excluding hydrogens is 450 g/mol. The van der Waals surface area contributed by atoms with E-state index in [1.807, 2.05) is 30.3 Å². The number of hydrogen-bond donors (Lipinski definition) is 0. The van der Waals surface area contributed by atoms with Crippen LogP contribution >= 0.6 is 0 Å². The molecule has 0 aliphatic heterocycles. The molecule has 0 unspecified atom stereocenters. The van der Waals surface area contributed by atoms with Crippen LogP contribution in [0.5, 0.6) is 5.75 Å². The second-order valence-electron chi connectivity index (χ2n) is 9.79. The average molecular weight is 493 g/mol. The van der Waals surface area contributed by atoms with Gasteiger partial charge in [-0.2, -0.15) is 0 Å². The van der Waals surface area contributed by atoms with E-state index in [4.69, 9.17) is 4.74 Å². The van der Waals surface area contributed by atoms with Gasteiger partial charge >= 0.3 is 0 Å². The zero-order valence-electron chi connectivity index (χ0n) is 22.1. The van der Waals surface area contributed by atoms with Crippen molar-refractivity contribution in [1.29, 1.82) is 0 Å². The molecule has 0 aliphatic carbocycles. The molecular formula is C33H42F2O. The highest BCUT2D eigenvalue weighted by molar-refractivity contribution is 5.84. The summed E-state index contributed by atoms with van der Waals surface area (Å²) < 4.78 is 34.7. The van der Waals surface area contributed by atoms with E-state index in [1.54, 1.807) is 12.1 Å². The number of ether oxygens (including phenoxy) is 1. The monoisotopic (exact) mass is 492 g/mol. The summed E-state index contributed by atoms with van der Waals surface area (Å²) >= 11 is 0. The van der Waals surface area contributed by atoms with Crippen LogP contribution in [0.25, 0.3) is 22.3 Å². The van der Waals surface area contributed by atoms with Crippen LogP contribution in [0.2, 0.25) is 0 Å². The van der Waals surface area contributed by atoms with Gasteiger partial charge in [0, 0.05) is 5.56 Å². The standard InChI is InChI=1S/C33H42F2O/c1-3-5-7-9-11-13-24-36-28-21-19-27(20-22-28)31-25-26(15-12-10-8-6-4-2)18-23-29(31)30-16-14-17-32(34)33(30)35/h14,16-23,25H,3-13,15,24H2,1-2H3. The van der Waals surface area contributed by atoms with Crippen LogP contribution in [0, 0.1) is 11.6 Å². The maximum Gasteiger partial charge on any atom is 0.166 e. The van der Waals surface area contributed by atoms with Crippen LogP contribution in [0.15, 0.2) is 60.7 Å².